The van der Waals surface area contributed by atoms with Crippen LogP contribution in [0.5, 0.6) is 11.5 Å². The highest BCUT2D eigenvalue weighted by Crippen LogP contribution is 2.28. The second-order valence-corrected chi connectivity index (χ2v) is 4.11. The van der Waals surface area contributed by atoms with Crippen LogP contribution < -0.4 is 9.47 Å². The maximum Gasteiger partial charge on any atom is 0.269 e. The molecular weight excluding hydrogens is 258 g/mol. The minimum atomic E-state index is -0.238. The molecule has 5 nitrogen and oxygen atoms in total. The number of methoxy groups -OCH3 is 1. The third kappa shape index (κ3) is 4.59. The molecule has 0 fully saturated rings. The smallest absolute Gasteiger partial charge is 0.269 e. The third-order valence-corrected chi connectivity index (χ3v) is 2.65. The summed E-state index contributed by atoms with van der Waals surface area (Å²) in [5.74, 6) is 1.11. The second-order valence-electron chi connectivity index (χ2n) is 4.11. The van der Waals surface area contributed by atoms with Gasteiger partial charge in [0.1, 0.15) is 0 Å². The number of hydroxylamine groups is 2. The Bertz CT molecular complexity index is 471. The molecule has 5 heteroatoms. The van der Waals surface area contributed by atoms with Crippen LogP contribution in [0.1, 0.15) is 18.9 Å². The Balaban J connectivity index is 2.82. The minimum Gasteiger partial charge on any atom is -0.493 e. The van der Waals surface area contributed by atoms with E-state index in [9.17, 15) is 4.79 Å². The molecule has 1 amide bonds. The van der Waals surface area contributed by atoms with Gasteiger partial charge in [0.15, 0.2) is 11.5 Å². The van der Waals surface area contributed by atoms with E-state index in [0.29, 0.717) is 18.1 Å². The summed E-state index contributed by atoms with van der Waals surface area (Å²) in [6.07, 6.45) is 4.07. The van der Waals surface area contributed by atoms with Crippen LogP contribution in [0, 0.1) is 0 Å². The van der Waals surface area contributed by atoms with Crippen molar-refractivity contribution >= 4 is 12.0 Å². The van der Waals surface area contributed by atoms with Gasteiger partial charge >= 0.3 is 0 Å². The van der Waals surface area contributed by atoms with Gasteiger partial charge in [0, 0.05) is 13.1 Å². The number of amides is 1. The van der Waals surface area contributed by atoms with Crippen LogP contribution in [0.2, 0.25) is 0 Å². The fourth-order valence-corrected chi connectivity index (χ4v) is 1.48. The molecule has 1 aromatic rings. The van der Waals surface area contributed by atoms with Crippen LogP contribution in [-0.2, 0) is 9.63 Å². The summed E-state index contributed by atoms with van der Waals surface area (Å²) in [6.45, 7) is 2.68. The Kier molecular flexibility index (Phi) is 6.59. The van der Waals surface area contributed by atoms with Crippen molar-refractivity contribution < 1.29 is 19.1 Å². The largest absolute Gasteiger partial charge is 0.493 e. The number of nitrogens with zero attached hydrogens (tertiary/aromatic N) is 1. The molecule has 0 atom stereocenters. The molecule has 0 aliphatic rings. The Labute approximate surface area is 119 Å². The summed E-state index contributed by atoms with van der Waals surface area (Å²) in [5, 5.41) is 1.15. The standard InChI is InChI=1S/C15H21NO4/c1-5-10-20-13-8-6-12(11-14(13)18-3)7-9-15(17)16(2)19-4/h6-9,11H,5,10H2,1-4H3. The Morgan fingerprint density at radius 2 is 2.05 bits per heavy atom. The molecular formula is C15H21NO4. The van der Waals surface area contributed by atoms with E-state index in [4.69, 9.17) is 14.3 Å². The molecule has 0 N–H and O–H groups in total. The molecule has 0 heterocycles. The molecule has 0 radical (unpaired) electrons. The van der Waals surface area contributed by atoms with E-state index in [1.807, 2.05) is 25.1 Å². The molecule has 1 aromatic carbocycles. The lowest BCUT2D eigenvalue weighted by molar-refractivity contribution is -0.162. The van der Waals surface area contributed by atoms with E-state index in [2.05, 4.69) is 0 Å². The van der Waals surface area contributed by atoms with Crippen molar-refractivity contribution in [3.05, 3.63) is 29.8 Å². The van der Waals surface area contributed by atoms with Crippen molar-refractivity contribution in [3.8, 4) is 11.5 Å². The Hall–Kier alpha value is -2.01. The monoisotopic (exact) mass is 279 g/mol. The van der Waals surface area contributed by atoms with E-state index >= 15 is 0 Å². The summed E-state index contributed by atoms with van der Waals surface area (Å²) in [5.41, 5.74) is 0.851. The van der Waals surface area contributed by atoms with Gasteiger partial charge in [-0.15, -0.1) is 0 Å². The van der Waals surface area contributed by atoms with Gasteiger partial charge in [0.25, 0.3) is 5.91 Å². The summed E-state index contributed by atoms with van der Waals surface area (Å²) >= 11 is 0. The fourth-order valence-electron chi connectivity index (χ4n) is 1.48. The lowest BCUT2D eigenvalue weighted by Crippen LogP contribution is -2.22. The molecule has 0 saturated heterocycles. The van der Waals surface area contributed by atoms with Crippen LogP contribution in [0.25, 0.3) is 6.08 Å². The van der Waals surface area contributed by atoms with Crippen molar-refractivity contribution in [1.82, 2.24) is 5.06 Å². The van der Waals surface area contributed by atoms with Crippen molar-refractivity contribution in [3.63, 3.8) is 0 Å². The van der Waals surface area contributed by atoms with Crippen molar-refractivity contribution in [2.45, 2.75) is 13.3 Å². The molecule has 0 aromatic heterocycles. The van der Waals surface area contributed by atoms with Gasteiger partial charge in [-0.25, -0.2) is 5.06 Å². The average Bonchev–Trinajstić information content (AvgIpc) is 2.49. The average molecular weight is 279 g/mol. The van der Waals surface area contributed by atoms with Crippen molar-refractivity contribution in [2.75, 3.05) is 27.9 Å². The number of carbonyl (C=O) groups excluding carboxylic acids is 1. The van der Waals surface area contributed by atoms with Crippen LogP contribution >= 0.6 is 0 Å². The predicted octanol–water partition coefficient (Wildman–Crippen LogP) is 2.52. The highest BCUT2D eigenvalue weighted by molar-refractivity contribution is 5.90. The first-order valence-corrected chi connectivity index (χ1v) is 6.43. The first-order chi connectivity index (χ1) is 9.62. The number of ether oxygens (including phenoxy) is 2. The van der Waals surface area contributed by atoms with E-state index in [0.717, 1.165) is 17.0 Å². The predicted molar refractivity (Wildman–Crippen MR) is 77.6 cm³/mol. The van der Waals surface area contributed by atoms with E-state index in [1.165, 1.54) is 13.2 Å². The Morgan fingerprint density at radius 3 is 2.65 bits per heavy atom. The van der Waals surface area contributed by atoms with E-state index < -0.39 is 0 Å². The molecule has 1 rings (SSSR count). The quantitative estimate of drug-likeness (QED) is 0.568. The first kappa shape index (κ1) is 16.0. The van der Waals surface area contributed by atoms with Gasteiger partial charge in [-0.3, -0.25) is 9.63 Å². The zero-order valence-corrected chi connectivity index (χ0v) is 12.4. The Morgan fingerprint density at radius 1 is 1.30 bits per heavy atom. The van der Waals surface area contributed by atoms with Crippen molar-refractivity contribution in [2.24, 2.45) is 0 Å². The summed E-state index contributed by atoms with van der Waals surface area (Å²) in [7, 11) is 4.58. The normalized spacial score (nSPS) is 10.6. The van der Waals surface area contributed by atoms with E-state index in [1.54, 1.807) is 20.2 Å². The molecule has 0 spiro atoms. The van der Waals surface area contributed by atoms with Crippen LogP contribution in [0.4, 0.5) is 0 Å². The maximum atomic E-state index is 11.6. The number of benzene rings is 1. The topological polar surface area (TPSA) is 48.0 Å². The molecule has 110 valence electrons. The lowest BCUT2D eigenvalue weighted by Gasteiger charge is -2.11. The van der Waals surface area contributed by atoms with Crippen LogP contribution in [0.15, 0.2) is 24.3 Å². The van der Waals surface area contributed by atoms with Gasteiger partial charge in [-0.1, -0.05) is 13.0 Å². The molecule has 0 aliphatic heterocycles. The van der Waals surface area contributed by atoms with Crippen molar-refractivity contribution in [1.29, 1.82) is 0 Å². The highest BCUT2D eigenvalue weighted by Gasteiger charge is 2.06. The number of likely N-dealkylation sites (N-methyl/N-ethyl adjacent to an activating group) is 1. The number of carbonyl (C=O) groups is 1. The zero-order valence-electron chi connectivity index (χ0n) is 12.4. The van der Waals surface area contributed by atoms with Crippen LogP contribution in [0.3, 0.4) is 0 Å². The number of hydrogen-bond acceptors (Lipinski definition) is 4. The summed E-state index contributed by atoms with van der Waals surface area (Å²) in [4.78, 5) is 16.4. The highest BCUT2D eigenvalue weighted by atomic mass is 16.7. The second kappa shape index (κ2) is 8.22. The fraction of sp³-hybridized carbons (Fsp3) is 0.400. The van der Waals surface area contributed by atoms with Gasteiger partial charge in [-0.2, -0.15) is 0 Å². The molecule has 0 bridgehead atoms. The maximum absolute atomic E-state index is 11.6. The number of rotatable bonds is 7. The van der Waals surface area contributed by atoms with Gasteiger partial charge in [-0.05, 0) is 30.2 Å². The molecule has 20 heavy (non-hydrogen) atoms. The zero-order chi connectivity index (χ0) is 15.0. The number of hydrogen-bond donors (Lipinski definition) is 0. The summed E-state index contributed by atoms with van der Waals surface area (Å²) < 4.78 is 10.8. The first-order valence-electron chi connectivity index (χ1n) is 6.43. The van der Waals surface area contributed by atoms with Crippen LogP contribution in [-0.4, -0.2) is 38.8 Å². The van der Waals surface area contributed by atoms with Gasteiger partial charge < -0.3 is 9.47 Å². The molecule has 0 unspecified atom stereocenters. The minimum absolute atomic E-state index is 0.238. The SMILES string of the molecule is CCCOc1ccc(C=CC(=O)N(C)OC)cc1OC. The third-order valence-electron chi connectivity index (χ3n) is 2.65. The molecule has 0 saturated carbocycles. The van der Waals surface area contributed by atoms with Gasteiger partial charge in [0.05, 0.1) is 20.8 Å². The van der Waals surface area contributed by atoms with Gasteiger partial charge in [0.2, 0.25) is 0 Å². The molecule has 0 aliphatic carbocycles. The summed E-state index contributed by atoms with van der Waals surface area (Å²) in [6, 6.07) is 5.52. The lowest BCUT2D eigenvalue weighted by atomic mass is 10.2. The van der Waals surface area contributed by atoms with E-state index in [-0.39, 0.29) is 5.91 Å².